The maximum Gasteiger partial charge on any atom is 0.158 e. The summed E-state index contributed by atoms with van der Waals surface area (Å²) < 4.78 is 5.88. The highest BCUT2D eigenvalue weighted by Gasteiger charge is 2.25. The molecule has 1 aliphatic heterocycles. The van der Waals surface area contributed by atoms with Gasteiger partial charge in [0.05, 0.1) is 23.4 Å². The number of hydrogen-bond acceptors (Lipinski definition) is 6. The summed E-state index contributed by atoms with van der Waals surface area (Å²) in [5, 5.41) is 9.44. The van der Waals surface area contributed by atoms with E-state index in [1.54, 1.807) is 17.5 Å². The molecule has 7 heteroatoms. The second-order valence-corrected chi connectivity index (χ2v) is 6.85. The van der Waals surface area contributed by atoms with E-state index in [1.165, 1.54) is 10.4 Å². The molecule has 4 rings (SSSR count). The van der Waals surface area contributed by atoms with E-state index in [0.717, 1.165) is 36.8 Å². The van der Waals surface area contributed by atoms with Gasteiger partial charge < -0.3 is 4.74 Å². The van der Waals surface area contributed by atoms with Gasteiger partial charge in [-0.2, -0.15) is 5.10 Å². The number of ether oxygens (including phenoxy) is 1. The molecule has 0 aromatic carbocycles. The Morgan fingerprint density at radius 2 is 2.38 bits per heavy atom. The number of H-pyrrole nitrogens is 1. The number of nitrogens with zero attached hydrogens (tertiary/aromatic N) is 4. The van der Waals surface area contributed by atoms with E-state index in [4.69, 9.17) is 4.74 Å². The Balaban J connectivity index is 1.49. The lowest BCUT2D eigenvalue weighted by Crippen LogP contribution is -2.38. The van der Waals surface area contributed by atoms with E-state index in [9.17, 15) is 0 Å². The van der Waals surface area contributed by atoms with Crippen molar-refractivity contribution in [2.75, 3.05) is 19.7 Å². The van der Waals surface area contributed by atoms with Crippen molar-refractivity contribution < 1.29 is 4.74 Å². The van der Waals surface area contributed by atoms with Gasteiger partial charge in [-0.1, -0.05) is 6.07 Å². The van der Waals surface area contributed by atoms with Crippen LogP contribution in [0, 0.1) is 6.92 Å². The number of aromatic amines is 1. The van der Waals surface area contributed by atoms with Crippen molar-refractivity contribution in [3.05, 3.63) is 53.1 Å². The first kappa shape index (κ1) is 15.4. The average Bonchev–Trinajstić information content (AvgIpc) is 3.26. The predicted octanol–water partition coefficient (Wildman–Crippen LogP) is 2.81. The van der Waals surface area contributed by atoms with Crippen molar-refractivity contribution in [3.8, 4) is 10.6 Å². The minimum Gasteiger partial charge on any atom is -0.368 e. The number of thiophene rings is 1. The highest BCUT2D eigenvalue weighted by Crippen LogP contribution is 2.28. The molecule has 24 heavy (non-hydrogen) atoms. The minimum absolute atomic E-state index is 0.0734. The first-order chi connectivity index (χ1) is 11.8. The van der Waals surface area contributed by atoms with E-state index in [2.05, 4.69) is 42.6 Å². The molecular weight excluding hydrogens is 322 g/mol. The third kappa shape index (κ3) is 3.24. The van der Waals surface area contributed by atoms with Gasteiger partial charge in [-0.3, -0.25) is 10.00 Å². The quantitative estimate of drug-likeness (QED) is 0.790. The summed E-state index contributed by atoms with van der Waals surface area (Å²) in [6.45, 7) is 5.20. The molecule has 1 fully saturated rings. The van der Waals surface area contributed by atoms with Gasteiger partial charge in [0.15, 0.2) is 5.82 Å². The summed E-state index contributed by atoms with van der Waals surface area (Å²) in [7, 11) is 0. The molecule has 1 N–H and O–H groups in total. The monoisotopic (exact) mass is 341 g/mol. The van der Waals surface area contributed by atoms with Crippen LogP contribution in [0.5, 0.6) is 0 Å². The molecule has 0 unspecified atom stereocenters. The molecule has 0 aliphatic carbocycles. The Hall–Kier alpha value is -2.09. The number of rotatable bonds is 4. The molecule has 3 aromatic rings. The molecule has 0 radical (unpaired) electrons. The average molecular weight is 341 g/mol. The van der Waals surface area contributed by atoms with Gasteiger partial charge in [0, 0.05) is 37.1 Å². The smallest absolute Gasteiger partial charge is 0.158 e. The van der Waals surface area contributed by atoms with E-state index >= 15 is 0 Å². The predicted molar refractivity (Wildman–Crippen MR) is 92.6 cm³/mol. The first-order valence-electron chi connectivity index (χ1n) is 7.99. The number of aromatic nitrogens is 4. The van der Waals surface area contributed by atoms with E-state index < -0.39 is 0 Å². The maximum atomic E-state index is 5.88. The van der Waals surface area contributed by atoms with Crippen LogP contribution in [0.1, 0.15) is 23.2 Å². The molecule has 0 bridgehead atoms. The van der Waals surface area contributed by atoms with Gasteiger partial charge in [0.2, 0.25) is 0 Å². The fraction of sp³-hybridized carbons (Fsp3) is 0.353. The topological polar surface area (TPSA) is 66.9 Å². The Bertz CT molecular complexity index is 801. The van der Waals surface area contributed by atoms with Crippen molar-refractivity contribution in [3.63, 3.8) is 0 Å². The summed E-state index contributed by atoms with van der Waals surface area (Å²) in [5.41, 5.74) is 3.29. The first-order valence-corrected chi connectivity index (χ1v) is 8.87. The molecule has 0 spiro atoms. The van der Waals surface area contributed by atoms with Gasteiger partial charge in [0.25, 0.3) is 0 Å². The van der Waals surface area contributed by atoms with Gasteiger partial charge >= 0.3 is 0 Å². The van der Waals surface area contributed by atoms with Crippen LogP contribution in [0.4, 0.5) is 0 Å². The van der Waals surface area contributed by atoms with E-state index in [-0.39, 0.29) is 6.10 Å². The molecule has 0 amide bonds. The zero-order valence-electron chi connectivity index (χ0n) is 13.5. The second kappa shape index (κ2) is 6.80. The van der Waals surface area contributed by atoms with Crippen LogP contribution in [0.3, 0.4) is 0 Å². The third-order valence-corrected chi connectivity index (χ3v) is 5.02. The van der Waals surface area contributed by atoms with Gasteiger partial charge in [-0.15, -0.1) is 11.3 Å². The number of hydrogen-bond donors (Lipinski definition) is 1. The third-order valence-electron chi connectivity index (χ3n) is 4.13. The number of aryl methyl sites for hydroxylation is 1. The fourth-order valence-corrected chi connectivity index (χ4v) is 3.69. The lowest BCUT2D eigenvalue weighted by Gasteiger charge is -2.32. The van der Waals surface area contributed by atoms with Gasteiger partial charge in [-0.25, -0.2) is 9.97 Å². The Kier molecular flexibility index (Phi) is 4.38. The largest absolute Gasteiger partial charge is 0.368 e. The van der Waals surface area contributed by atoms with Crippen molar-refractivity contribution >= 4 is 11.3 Å². The number of morpholine rings is 1. The molecule has 1 atom stereocenters. The zero-order valence-corrected chi connectivity index (χ0v) is 14.3. The van der Waals surface area contributed by atoms with Crippen molar-refractivity contribution in [1.82, 2.24) is 25.1 Å². The molecule has 4 heterocycles. The van der Waals surface area contributed by atoms with Crippen LogP contribution in [-0.2, 0) is 11.3 Å². The fourth-order valence-electron chi connectivity index (χ4n) is 2.93. The molecule has 0 saturated carbocycles. The normalized spacial score (nSPS) is 18.8. The van der Waals surface area contributed by atoms with Crippen molar-refractivity contribution in [2.24, 2.45) is 0 Å². The highest BCUT2D eigenvalue weighted by atomic mass is 32.1. The minimum atomic E-state index is -0.0734. The Morgan fingerprint density at radius 3 is 3.21 bits per heavy atom. The second-order valence-electron chi connectivity index (χ2n) is 5.90. The lowest BCUT2D eigenvalue weighted by molar-refractivity contribution is -0.0372. The lowest BCUT2D eigenvalue weighted by atomic mass is 10.1. The van der Waals surface area contributed by atoms with Crippen molar-refractivity contribution in [2.45, 2.75) is 19.6 Å². The Morgan fingerprint density at radius 1 is 1.42 bits per heavy atom. The number of nitrogens with one attached hydrogen (secondary N) is 1. The summed E-state index contributed by atoms with van der Waals surface area (Å²) >= 11 is 1.72. The summed E-state index contributed by atoms with van der Waals surface area (Å²) in [4.78, 5) is 12.5. The summed E-state index contributed by atoms with van der Waals surface area (Å²) in [5.74, 6) is 0.769. The van der Waals surface area contributed by atoms with Crippen LogP contribution >= 0.6 is 11.3 Å². The van der Waals surface area contributed by atoms with Crippen LogP contribution in [0.25, 0.3) is 10.6 Å². The van der Waals surface area contributed by atoms with Crippen LogP contribution in [-0.4, -0.2) is 44.8 Å². The standard InChI is InChI=1S/C17H19N5OS/c1-12-4-5-18-17(20-12)14-11-22(6-7-23-14)10-13-9-19-21-16(13)15-3-2-8-24-15/h2-5,8-9,14H,6-7,10-11H2,1H3,(H,19,21)/t14-/m1/s1. The van der Waals surface area contributed by atoms with Crippen LogP contribution < -0.4 is 0 Å². The maximum absolute atomic E-state index is 5.88. The Labute approximate surface area is 144 Å². The molecule has 1 saturated heterocycles. The van der Waals surface area contributed by atoms with Gasteiger partial charge in [-0.05, 0) is 24.4 Å². The van der Waals surface area contributed by atoms with E-state index in [1.807, 2.05) is 19.2 Å². The zero-order chi connectivity index (χ0) is 16.4. The SMILES string of the molecule is Cc1ccnc([C@H]2CN(Cc3cn[nH]c3-c3cccs3)CCO2)n1. The molecule has 124 valence electrons. The molecule has 6 nitrogen and oxygen atoms in total. The van der Waals surface area contributed by atoms with Crippen molar-refractivity contribution in [1.29, 1.82) is 0 Å². The molecule has 3 aromatic heterocycles. The summed E-state index contributed by atoms with van der Waals surface area (Å²) in [6.07, 6.45) is 3.64. The van der Waals surface area contributed by atoms with Crippen LogP contribution in [0.2, 0.25) is 0 Å². The summed E-state index contributed by atoms with van der Waals surface area (Å²) in [6, 6.07) is 6.08. The van der Waals surface area contributed by atoms with Crippen LogP contribution in [0.15, 0.2) is 36.0 Å². The molecular formula is C17H19N5OS. The van der Waals surface area contributed by atoms with Gasteiger partial charge in [0.1, 0.15) is 6.10 Å². The molecule has 1 aliphatic rings. The van der Waals surface area contributed by atoms with E-state index in [0.29, 0.717) is 6.61 Å². The highest BCUT2D eigenvalue weighted by molar-refractivity contribution is 7.13.